The van der Waals surface area contributed by atoms with E-state index in [0.29, 0.717) is 12.8 Å². The van der Waals surface area contributed by atoms with Gasteiger partial charge < -0.3 is 15.7 Å². The summed E-state index contributed by atoms with van der Waals surface area (Å²) in [6.45, 7) is 4.74. The maximum absolute atomic E-state index is 12.2. The lowest BCUT2D eigenvalue weighted by Gasteiger charge is -2.27. The van der Waals surface area contributed by atoms with Crippen LogP contribution < -0.4 is 10.6 Å². The Morgan fingerprint density at radius 1 is 1.41 bits per heavy atom. The number of hydrogen-bond donors (Lipinski definition) is 3. The lowest BCUT2D eigenvalue weighted by molar-refractivity contribution is -0.147. The van der Waals surface area contributed by atoms with Crippen molar-refractivity contribution in [2.75, 3.05) is 0 Å². The Kier molecular flexibility index (Phi) is 6.55. The van der Waals surface area contributed by atoms with Gasteiger partial charge in [0.25, 0.3) is 0 Å². The molecule has 1 aromatic heterocycles. The van der Waals surface area contributed by atoms with Crippen molar-refractivity contribution in [2.45, 2.75) is 51.6 Å². The fraction of sp³-hybridized carbons (Fsp3) is 0.533. The van der Waals surface area contributed by atoms with E-state index in [4.69, 9.17) is 0 Å². The fourth-order valence-corrected chi connectivity index (χ4v) is 3.00. The van der Waals surface area contributed by atoms with Gasteiger partial charge in [-0.25, -0.2) is 4.79 Å². The highest BCUT2D eigenvalue weighted by Gasteiger charge is 2.34. The molecule has 2 amide bonds. The van der Waals surface area contributed by atoms with Crippen molar-refractivity contribution in [3.63, 3.8) is 0 Å². The van der Waals surface area contributed by atoms with Crippen molar-refractivity contribution in [1.82, 2.24) is 10.6 Å². The minimum absolute atomic E-state index is 0.00662. The smallest absolute Gasteiger partial charge is 0.329 e. The largest absolute Gasteiger partial charge is 0.480 e. The van der Waals surface area contributed by atoms with Crippen LogP contribution in [0.2, 0.25) is 0 Å². The Morgan fingerprint density at radius 2 is 2.09 bits per heavy atom. The van der Waals surface area contributed by atoms with Gasteiger partial charge in [-0.1, -0.05) is 19.4 Å². The first-order valence-electron chi connectivity index (χ1n) is 7.13. The molecule has 2 atom stereocenters. The van der Waals surface area contributed by atoms with E-state index < -0.39 is 23.5 Å². The zero-order chi connectivity index (χ0) is 16.8. The number of hydrogen-bond acceptors (Lipinski definition) is 4. The Hall–Kier alpha value is -1.89. The first kappa shape index (κ1) is 18.2. The molecule has 1 heterocycles. The van der Waals surface area contributed by atoms with Crippen LogP contribution in [0.3, 0.4) is 0 Å². The molecule has 1 aromatic rings. The van der Waals surface area contributed by atoms with Crippen LogP contribution in [0.15, 0.2) is 17.5 Å². The average molecular weight is 326 g/mol. The van der Waals surface area contributed by atoms with Gasteiger partial charge in [-0.05, 0) is 24.8 Å². The summed E-state index contributed by atoms with van der Waals surface area (Å²) in [5.74, 6) is -1.69. The zero-order valence-corrected chi connectivity index (χ0v) is 13.8. The standard InChI is InChI=1S/C15H22N2O4S/c1-4-7-15(3,14(20)21)17-13(19)9-11(16-10(2)18)12-6-5-8-22-12/h5-6,8,11H,4,7,9H2,1-3H3,(H,16,18)(H,17,19)(H,20,21). The van der Waals surface area contributed by atoms with Gasteiger partial charge in [-0.15, -0.1) is 11.3 Å². The fourth-order valence-electron chi connectivity index (χ4n) is 2.22. The molecule has 0 aromatic carbocycles. The molecule has 0 aliphatic heterocycles. The van der Waals surface area contributed by atoms with Gasteiger partial charge in [-0.3, -0.25) is 9.59 Å². The third kappa shape index (κ3) is 5.14. The van der Waals surface area contributed by atoms with E-state index in [0.717, 1.165) is 4.88 Å². The molecular formula is C15H22N2O4S. The quantitative estimate of drug-likeness (QED) is 0.681. The van der Waals surface area contributed by atoms with Gasteiger partial charge >= 0.3 is 5.97 Å². The predicted octanol–water partition coefficient (Wildman–Crippen LogP) is 2.07. The minimum atomic E-state index is -1.29. The molecule has 7 heteroatoms. The maximum atomic E-state index is 12.2. The summed E-state index contributed by atoms with van der Waals surface area (Å²) >= 11 is 1.44. The summed E-state index contributed by atoms with van der Waals surface area (Å²) in [6.07, 6.45) is 0.994. The molecule has 0 fully saturated rings. The summed E-state index contributed by atoms with van der Waals surface area (Å²) in [5, 5.41) is 16.5. The molecule has 0 bridgehead atoms. The Morgan fingerprint density at radius 3 is 2.55 bits per heavy atom. The van der Waals surface area contributed by atoms with E-state index in [1.807, 2.05) is 24.4 Å². The number of carbonyl (C=O) groups is 3. The second-order valence-corrected chi connectivity index (χ2v) is 6.39. The highest BCUT2D eigenvalue weighted by Crippen LogP contribution is 2.23. The monoisotopic (exact) mass is 326 g/mol. The molecule has 1 rings (SSSR count). The Bertz CT molecular complexity index is 530. The van der Waals surface area contributed by atoms with Crippen LogP contribution in [0.4, 0.5) is 0 Å². The first-order valence-corrected chi connectivity index (χ1v) is 8.01. The van der Waals surface area contributed by atoms with Crippen LogP contribution >= 0.6 is 11.3 Å². The van der Waals surface area contributed by atoms with E-state index >= 15 is 0 Å². The number of amides is 2. The molecule has 0 spiro atoms. The van der Waals surface area contributed by atoms with E-state index in [1.165, 1.54) is 25.2 Å². The molecule has 22 heavy (non-hydrogen) atoms. The number of rotatable bonds is 8. The number of aliphatic carboxylic acids is 1. The van der Waals surface area contributed by atoms with Crippen LogP contribution in [0.25, 0.3) is 0 Å². The van der Waals surface area contributed by atoms with Crippen LogP contribution in [0.1, 0.15) is 51.0 Å². The van der Waals surface area contributed by atoms with Crippen molar-refractivity contribution in [2.24, 2.45) is 0 Å². The minimum Gasteiger partial charge on any atom is -0.480 e. The molecule has 6 nitrogen and oxygen atoms in total. The van der Waals surface area contributed by atoms with Crippen LogP contribution in [-0.2, 0) is 14.4 Å². The number of carbonyl (C=O) groups excluding carboxylic acids is 2. The summed E-state index contributed by atoms with van der Waals surface area (Å²) < 4.78 is 0. The van der Waals surface area contributed by atoms with E-state index in [1.54, 1.807) is 0 Å². The van der Waals surface area contributed by atoms with E-state index in [9.17, 15) is 19.5 Å². The van der Waals surface area contributed by atoms with Gasteiger partial charge in [0.15, 0.2) is 0 Å². The highest BCUT2D eigenvalue weighted by molar-refractivity contribution is 7.10. The molecule has 0 saturated carbocycles. The number of carboxylic acids is 1. The normalized spacial score (nSPS) is 14.7. The number of carboxylic acid groups (broad SMARTS) is 1. The van der Waals surface area contributed by atoms with Crippen molar-refractivity contribution < 1.29 is 19.5 Å². The number of nitrogens with one attached hydrogen (secondary N) is 2. The van der Waals surface area contributed by atoms with Gasteiger partial charge in [0, 0.05) is 11.8 Å². The molecular weight excluding hydrogens is 304 g/mol. The van der Waals surface area contributed by atoms with Gasteiger partial charge in [0.2, 0.25) is 11.8 Å². The maximum Gasteiger partial charge on any atom is 0.329 e. The zero-order valence-electron chi connectivity index (χ0n) is 13.0. The van der Waals surface area contributed by atoms with Crippen molar-refractivity contribution in [1.29, 1.82) is 0 Å². The highest BCUT2D eigenvalue weighted by atomic mass is 32.1. The third-order valence-corrected chi connectivity index (χ3v) is 4.28. The second-order valence-electron chi connectivity index (χ2n) is 5.41. The molecule has 0 saturated heterocycles. The van der Waals surface area contributed by atoms with Crippen molar-refractivity contribution >= 4 is 29.1 Å². The molecule has 0 aliphatic carbocycles. The lowest BCUT2D eigenvalue weighted by Crippen LogP contribution is -2.52. The van der Waals surface area contributed by atoms with Gasteiger partial charge in [0.05, 0.1) is 12.5 Å². The molecule has 2 unspecified atom stereocenters. The van der Waals surface area contributed by atoms with E-state index in [2.05, 4.69) is 10.6 Å². The predicted molar refractivity (Wildman–Crippen MR) is 84.6 cm³/mol. The van der Waals surface area contributed by atoms with Crippen LogP contribution in [0, 0.1) is 0 Å². The van der Waals surface area contributed by atoms with Crippen molar-refractivity contribution in [3.05, 3.63) is 22.4 Å². The SMILES string of the molecule is CCCC(C)(NC(=O)CC(NC(C)=O)c1cccs1)C(=O)O. The van der Waals surface area contributed by atoms with Crippen LogP contribution in [0.5, 0.6) is 0 Å². The third-order valence-electron chi connectivity index (χ3n) is 3.29. The molecule has 3 N–H and O–H groups in total. The van der Waals surface area contributed by atoms with Crippen molar-refractivity contribution in [3.8, 4) is 0 Å². The van der Waals surface area contributed by atoms with Gasteiger partial charge in [-0.2, -0.15) is 0 Å². The average Bonchev–Trinajstić information content (AvgIpc) is 2.90. The first-order chi connectivity index (χ1) is 10.3. The van der Waals surface area contributed by atoms with Crippen LogP contribution in [-0.4, -0.2) is 28.4 Å². The summed E-state index contributed by atoms with van der Waals surface area (Å²) in [6, 6.07) is 3.23. The van der Waals surface area contributed by atoms with E-state index in [-0.39, 0.29) is 12.3 Å². The Balaban J connectivity index is 2.78. The summed E-state index contributed by atoms with van der Waals surface area (Å²) in [4.78, 5) is 35.7. The lowest BCUT2D eigenvalue weighted by atomic mass is 9.95. The second kappa shape index (κ2) is 7.93. The number of thiophene rings is 1. The molecule has 0 radical (unpaired) electrons. The topological polar surface area (TPSA) is 95.5 Å². The van der Waals surface area contributed by atoms with Gasteiger partial charge in [0.1, 0.15) is 5.54 Å². The molecule has 0 aliphatic rings. The Labute approximate surface area is 133 Å². The summed E-state index contributed by atoms with van der Waals surface area (Å²) in [5.41, 5.74) is -1.29. The molecule has 122 valence electrons. The summed E-state index contributed by atoms with van der Waals surface area (Å²) in [7, 11) is 0.